The summed E-state index contributed by atoms with van der Waals surface area (Å²) < 4.78 is 50.2. The maximum absolute atomic E-state index is 12.1. The molecule has 0 saturated heterocycles. The molecule has 20 heavy (non-hydrogen) atoms. The Labute approximate surface area is 117 Å². The highest BCUT2D eigenvalue weighted by Crippen LogP contribution is 2.21. The van der Waals surface area contributed by atoms with Crippen molar-refractivity contribution in [1.82, 2.24) is 10.0 Å². The van der Waals surface area contributed by atoms with Gasteiger partial charge in [-0.15, -0.1) is 0 Å². The predicted molar refractivity (Wildman–Crippen MR) is 72.2 cm³/mol. The summed E-state index contributed by atoms with van der Waals surface area (Å²) in [7, 11) is -3.89. The third-order valence-electron chi connectivity index (χ3n) is 3.14. The van der Waals surface area contributed by atoms with Crippen LogP contribution in [0.25, 0.3) is 0 Å². The lowest BCUT2D eigenvalue weighted by Gasteiger charge is -2.11. The van der Waals surface area contributed by atoms with Crippen LogP contribution in [0.15, 0.2) is 23.1 Å². The largest absolute Gasteiger partial charge is 0.310 e. The second kappa shape index (κ2) is 6.15. The Balaban J connectivity index is 2.13. The number of hydrogen-bond acceptors (Lipinski definition) is 3. The Hall–Kier alpha value is -1.05. The zero-order valence-electron chi connectivity index (χ0n) is 11.2. The summed E-state index contributed by atoms with van der Waals surface area (Å²) in [5.74, 6) is 0. The highest BCUT2D eigenvalue weighted by Gasteiger charge is 2.21. The van der Waals surface area contributed by atoms with Gasteiger partial charge >= 0.3 is 0 Å². The molecular weight excluding hydrogens is 286 g/mol. The van der Waals surface area contributed by atoms with Gasteiger partial charge < -0.3 is 5.32 Å². The molecule has 2 rings (SSSR count). The standard InChI is InChI=1S/C13H18F2N2O2S/c1-9-2-3-10(7-16-11-4-5-11)6-12(9)20(18,19)17-8-13(14)15/h2-3,6,11,13,16-17H,4-5,7-8H2,1H3. The van der Waals surface area contributed by atoms with Gasteiger partial charge in [0.1, 0.15) is 0 Å². The smallest absolute Gasteiger partial charge is 0.251 e. The van der Waals surface area contributed by atoms with Gasteiger partial charge in [0.25, 0.3) is 6.43 Å². The van der Waals surface area contributed by atoms with E-state index in [2.05, 4.69) is 5.32 Å². The van der Waals surface area contributed by atoms with Gasteiger partial charge in [0, 0.05) is 12.6 Å². The van der Waals surface area contributed by atoms with E-state index in [1.165, 1.54) is 0 Å². The molecule has 0 aromatic heterocycles. The number of alkyl halides is 2. The van der Waals surface area contributed by atoms with Crippen LogP contribution in [0.5, 0.6) is 0 Å². The first-order valence-corrected chi connectivity index (χ1v) is 7.97. The van der Waals surface area contributed by atoms with Crippen LogP contribution in [0, 0.1) is 6.92 Å². The number of rotatable bonds is 7. The molecule has 7 heteroatoms. The summed E-state index contributed by atoms with van der Waals surface area (Å²) in [6, 6.07) is 5.60. The van der Waals surface area contributed by atoms with Crippen LogP contribution in [0.4, 0.5) is 8.78 Å². The quantitative estimate of drug-likeness (QED) is 0.807. The SMILES string of the molecule is Cc1ccc(CNC2CC2)cc1S(=O)(=O)NCC(F)F. The summed E-state index contributed by atoms with van der Waals surface area (Å²) in [4.78, 5) is 0.0632. The second-order valence-electron chi connectivity index (χ2n) is 5.00. The normalized spacial score (nSPS) is 15.8. The molecule has 1 aliphatic carbocycles. The molecule has 0 heterocycles. The molecule has 0 amide bonds. The lowest BCUT2D eigenvalue weighted by molar-refractivity contribution is 0.153. The average Bonchev–Trinajstić information content (AvgIpc) is 3.19. The second-order valence-corrected chi connectivity index (χ2v) is 6.73. The summed E-state index contributed by atoms with van der Waals surface area (Å²) in [5.41, 5.74) is 1.38. The van der Waals surface area contributed by atoms with Gasteiger partial charge in [-0.05, 0) is 37.0 Å². The first-order valence-electron chi connectivity index (χ1n) is 6.49. The number of nitrogens with one attached hydrogen (secondary N) is 2. The van der Waals surface area contributed by atoms with Crippen molar-refractivity contribution in [2.75, 3.05) is 6.54 Å². The molecule has 1 fully saturated rings. The number of aryl methyl sites for hydroxylation is 1. The number of benzene rings is 1. The third kappa shape index (κ3) is 4.22. The topological polar surface area (TPSA) is 58.2 Å². The van der Waals surface area contributed by atoms with Crippen LogP contribution in [-0.2, 0) is 16.6 Å². The molecule has 112 valence electrons. The van der Waals surface area contributed by atoms with Crippen LogP contribution in [0.3, 0.4) is 0 Å². The molecule has 0 spiro atoms. The van der Waals surface area contributed by atoms with E-state index in [1.54, 1.807) is 19.1 Å². The van der Waals surface area contributed by atoms with Crippen molar-refractivity contribution in [1.29, 1.82) is 0 Å². The first kappa shape index (κ1) is 15.3. The fourth-order valence-corrected chi connectivity index (χ4v) is 3.14. The first-order chi connectivity index (χ1) is 9.38. The average molecular weight is 304 g/mol. The number of hydrogen-bond donors (Lipinski definition) is 2. The van der Waals surface area contributed by atoms with Crippen molar-refractivity contribution in [3.8, 4) is 0 Å². The van der Waals surface area contributed by atoms with Gasteiger partial charge in [-0.2, -0.15) is 0 Å². The van der Waals surface area contributed by atoms with E-state index in [4.69, 9.17) is 0 Å². The van der Waals surface area contributed by atoms with Crippen LogP contribution in [0.1, 0.15) is 24.0 Å². The van der Waals surface area contributed by atoms with Crippen molar-refractivity contribution >= 4 is 10.0 Å². The van der Waals surface area contributed by atoms with Crippen molar-refractivity contribution in [3.05, 3.63) is 29.3 Å². The number of sulfonamides is 1. The highest BCUT2D eigenvalue weighted by molar-refractivity contribution is 7.89. The number of halogens is 2. The van der Waals surface area contributed by atoms with Crippen molar-refractivity contribution in [3.63, 3.8) is 0 Å². The lowest BCUT2D eigenvalue weighted by atomic mass is 10.1. The van der Waals surface area contributed by atoms with Crippen LogP contribution in [-0.4, -0.2) is 27.4 Å². The van der Waals surface area contributed by atoms with Gasteiger partial charge in [-0.25, -0.2) is 21.9 Å². The summed E-state index contributed by atoms with van der Waals surface area (Å²) in [6.07, 6.45) is -0.412. The van der Waals surface area contributed by atoms with Crippen molar-refractivity contribution in [2.45, 2.75) is 43.7 Å². The maximum atomic E-state index is 12.1. The van der Waals surface area contributed by atoms with E-state index in [1.807, 2.05) is 10.8 Å². The van der Waals surface area contributed by atoms with Crippen molar-refractivity contribution in [2.24, 2.45) is 0 Å². The monoisotopic (exact) mass is 304 g/mol. The fraction of sp³-hybridized carbons (Fsp3) is 0.538. The molecule has 0 atom stereocenters. The Morgan fingerprint density at radius 2 is 2.05 bits per heavy atom. The maximum Gasteiger partial charge on any atom is 0.251 e. The van der Waals surface area contributed by atoms with E-state index in [0.29, 0.717) is 18.2 Å². The highest BCUT2D eigenvalue weighted by atomic mass is 32.2. The molecule has 0 bridgehead atoms. The summed E-state index contributed by atoms with van der Waals surface area (Å²) in [6.45, 7) is 1.36. The van der Waals surface area contributed by atoms with Crippen LogP contribution in [0.2, 0.25) is 0 Å². The summed E-state index contributed by atoms with van der Waals surface area (Å²) in [5, 5.41) is 3.29. The molecular formula is C13H18F2N2O2S. The minimum absolute atomic E-state index is 0.0632. The molecule has 0 unspecified atom stereocenters. The van der Waals surface area contributed by atoms with Gasteiger partial charge in [0.15, 0.2) is 0 Å². The fourth-order valence-electron chi connectivity index (χ4n) is 1.84. The van der Waals surface area contributed by atoms with Crippen LogP contribution < -0.4 is 10.0 Å². The summed E-state index contributed by atoms with van der Waals surface area (Å²) >= 11 is 0. The van der Waals surface area contributed by atoms with Gasteiger partial charge in [0.05, 0.1) is 11.4 Å². The molecule has 0 aliphatic heterocycles. The predicted octanol–water partition coefficient (Wildman–Crippen LogP) is 1.79. The molecule has 1 saturated carbocycles. The lowest BCUT2D eigenvalue weighted by Crippen LogP contribution is -2.29. The Kier molecular flexibility index (Phi) is 4.72. The van der Waals surface area contributed by atoms with E-state index in [-0.39, 0.29) is 4.90 Å². The molecule has 2 N–H and O–H groups in total. The van der Waals surface area contributed by atoms with Crippen LogP contribution >= 0.6 is 0 Å². The Bertz CT molecular complexity index is 572. The molecule has 1 aromatic carbocycles. The van der Waals surface area contributed by atoms with E-state index in [9.17, 15) is 17.2 Å². The zero-order valence-corrected chi connectivity index (χ0v) is 12.0. The minimum atomic E-state index is -3.89. The zero-order chi connectivity index (χ0) is 14.8. The van der Waals surface area contributed by atoms with E-state index in [0.717, 1.165) is 18.4 Å². The van der Waals surface area contributed by atoms with Gasteiger partial charge in [-0.3, -0.25) is 0 Å². The van der Waals surface area contributed by atoms with Crippen molar-refractivity contribution < 1.29 is 17.2 Å². The Morgan fingerprint density at radius 1 is 1.35 bits per heavy atom. The van der Waals surface area contributed by atoms with Gasteiger partial charge in [-0.1, -0.05) is 12.1 Å². The van der Waals surface area contributed by atoms with E-state index < -0.39 is 23.0 Å². The Morgan fingerprint density at radius 3 is 2.65 bits per heavy atom. The third-order valence-corrected chi connectivity index (χ3v) is 4.71. The minimum Gasteiger partial charge on any atom is -0.310 e. The molecule has 1 aliphatic rings. The molecule has 1 aromatic rings. The molecule has 4 nitrogen and oxygen atoms in total. The molecule has 0 radical (unpaired) electrons. The van der Waals surface area contributed by atoms with E-state index >= 15 is 0 Å². The van der Waals surface area contributed by atoms with Gasteiger partial charge in [0.2, 0.25) is 10.0 Å².